The number of allylic oxidation sites excluding steroid dienone is 1. The van der Waals surface area contributed by atoms with Crippen molar-refractivity contribution < 1.29 is 48.5 Å². The molecule has 0 spiro atoms. The van der Waals surface area contributed by atoms with E-state index in [1.165, 1.54) is 44.2 Å². The first kappa shape index (κ1) is 53.4. The molecule has 14 nitrogen and oxygen atoms in total. The molecule has 0 radical (unpaired) electrons. The molecule has 0 unspecified atom stereocenters. The molecule has 14 heteroatoms. The van der Waals surface area contributed by atoms with Gasteiger partial charge in [0.15, 0.2) is 11.5 Å². The zero-order chi connectivity index (χ0) is 50.4. The van der Waals surface area contributed by atoms with Crippen molar-refractivity contribution in [1.29, 1.82) is 0 Å². The molecule has 1 saturated carbocycles. The third-order valence-electron chi connectivity index (χ3n) is 14.3. The van der Waals surface area contributed by atoms with Crippen LogP contribution in [0.25, 0.3) is 0 Å². The highest BCUT2D eigenvalue weighted by molar-refractivity contribution is 6.03. The second-order valence-corrected chi connectivity index (χ2v) is 20.6. The van der Waals surface area contributed by atoms with Gasteiger partial charge in [-0.25, -0.2) is 0 Å². The number of aliphatic hydroxyl groups excluding tert-OH is 2. The molecule has 1 amide bonds. The molecule has 0 aromatic heterocycles. The summed E-state index contributed by atoms with van der Waals surface area (Å²) in [4.78, 5) is 35.0. The van der Waals surface area contributed by atoms with Crippen molar-refractivity contribution in [3.05, 3.63) is 106 Å². The number of benzene rings is 3. The van der Waals surface area contributed by atoms with E-state index in [9.17, 15) is 20.3 Å². The summed E-state index contributed by atoms with van der Waals surface area (Å²) >= 11 is 0. The van der Waals surface area contributed by atoms with Crippen LogP contribution in [-0.4, -0.2) is 75.7 Å². The number of nitro groups is 1. The van der Waals surface area contributed by atoms with Crippen LogP contribution < -0.4 is 18.9 Å². The van der Waals surface area contributed by atoms with E-state index < -0.39 is 28.3 Å². The maximum atomic E-state index is 15.4. The predicted molar refractivity (Wildman–Crippen MR) is 274 cm³/mol. The Morgan fingerprint density at radius 3 is 2.31 bits per heavy atom. The summed E-state index contributed by atoms with van der Waals surface area (Å²) in [5.41, 5.74) is 2.66. The molecule has 1 fully saturated rings. The van der Waals surface area contributed by atoms with Crippen LogP contribution in [0.4, 0.5) is 5.69 Å². The molecule has 3 aromatic rings. The lowest BCUT2D eigenvalue weighted by Gasteiger charge is -2.60. The predicted octanol–water partition coefficient (Wildman–Crippen LogP) is 12.5. The van der Waals surface area contributed by atoms with Gasteiger partial charge in [-0.15, -0.1) is 6.58 Å². The molecular weight excluding hydrogens is 903 g/mol. The Hall–Kier alpha value is -5.44. The Bertz CT molecular complexity index is 2330. The molecule has 71 heavy (non-hydrogen) atoms. The number of carbonyl (C=O) groups is 1. The monoisotopic (exact) mass is 980 g/mol. The summed E-state index contributed by atoms with van der Waals surface area (Å²) in [7, 11) is 0. The maximum absolute atomic E-state index is 15.4. The van der Waals surface area contributed by atoms with Gasteiger partial charge in [0, 0.05) is 50.1 Å². The number of carbonyl (C=O) groups excluding carboxylic acids is 1. The minimum absolute atomic E-state index is 0.0140. The first-order chi connectivity index (χ1) is 34.4. The summed E-state index contributed by atoms with van der Waals surface area (Å²) in [5.74, 6) is 0.354. The van der Waals surface area contributed by atoms with E-state index in [0.29, 0.717) is 53.7 Å². The normalized spacial score (nSPS) is 22.5. The highest BCUT2D eigenvalue weighted by Crippen LogP contribution is 2.62. The van der Waals surface area contributed by atoms with Gasteiger partial charge in [0.25, 0.3) is 5.69 Å². The van der Waals surface area contributed by atoms with Crippen molar-refractivity contribution in [2.24, 2.45) is 22.9 Å². The van der Waals surface area contributed by atoms with Crippen LogP contribution in [0.15, 0.2) is 90.1 Å². The fourth-order valence-corrected chi connectivity index (χ4v) is 11.0. The van der Waals surface area contributed by atoms with Gasteiger partial charge in [-0.1, -0.05) is 101 Å². The quantitative estimate of drug-likeness (QED) is 0.0307. The highest BCUT2D eigenvalue weighted by atomic mass is 16.7. The summed E-state index contributed by atoms with van der Waals surface area (Å²) < 4.78 is 32.7. The Morgan fingerprint density at radius 1 is 0.887 bits per heavy atom. The number of hydrogen-bond donors (Lipinski definition) is 2. The number of hydrogen-bond acceptors (Lipinski definition) is 12. The van der Waals surface area contributed by atoms with Crippen molar-refractivity contribution in [1.82, 2.24) is 4.90 Å². The van der Waals surface area contributed by atoms with E-state index >= 15 is 4.79 Å². The number of amides is 1. The second-order valence-electron chi connectivity index (χ2n) is 20.6. The fourth-order valence-electron chi connectivity index (χ4n) is 11.0. The average molecular weight is 980 g/mol. The number of unbranched alkanes of at least 4 members (excludes halogenated alkanes) is 10. The molecule has 6 atom stereocenters. The molecular formula is C57H77N3O11. The van der Waals surface area contributed by atoms with E-state index in [2.05, 4.69) is 19.6 Å². The maximum Gasteiger partial charge on any atom is 0.273 e. The molecule has 2 heterocycles. The van der Waals surface area contributed by atoms with Crippen LogP contribution >= 0.6 is 0 Å². The van der Waals surface area contributed by atoms with Crippen LogP contribution in [0.1, 0.15) is 154 Å². The van der Waals surface area contributed by atoms with Crippen LogP contribution in [-0.2, 0) is 20.9 Å². The standard InChI is InChI=1S/C57H77N3O11/c1-6-8-9-10-11-12-13-14-15-25-53(63)59(38-40-26-28-50-51(33-40)67-39-66-50)52-37-48(58-71-56(3,4)5)46-34-41(21-16-18-30-61)45(24-17-19-31-62)54-47-36-44(69-43-23-20-22-42(35-43)60(64)65)27-29-49(47)70-57(52,55(46)54)68-32-7-2/h7,20,22-23,26-29,33-36,41,45,52,54-55,61-62H,2,6,8-19,21,24-25,30-32,37-39H2,1,3-5H3/t41-,45+,52-,54+,55+,57+/m0/s1. The van der Waals surface area contributed by atoms with Gasteiger partial charge in [-0.05, 0) is 112 Å². The fraction of sp³-hybridized carbons (Fsp3) is 0.579. The number of nitro benzene ring substituents is 1. The van der Waals surface area contributed by atoms with E-state index in [1.807, 2.05) is 56.0 Å². The topological polar surface area (TPSA) is 172 Å². The van der Waals surface area contributed by atoms with Gasteiger partial charge in [-0.3, -0.25) is 14.9 Å². The smallest absolute Gasteiger partial charge is 0.273 e. The lowest BCUT2D eigenvalue weighted by molar-refractivity contribution is -0.384. The van der Waals surface area contributed by atoms with Gasteiger partial charge in [0.1, 0.15) is 28.9 Å². The Balaban J connectivity index is 1.39. The number of nitrogens with zero attached hydrogens (tertiary/aromatic N) is 3. The summed E-state index contributed by atoms with van der Waals surface area (Å²) in [6.45, 7) is 12.8. The molecule has 2 N–H and O–H groups in total. The Labute approximate surface area is 420 Å². The molecule has 3 aromatic carbocycles. The first-order valence-corrected chi connectivity index (χ1v) is 26.3. The van der Waals surface area contributed by atoms with Crippen LogP contribution in [0.5, 0.6) is 28.7 Å². The van der Waals surface area contributed by atoms with E-state index in [-0.39, 0.29) is 68.9 Å². The SMILES string of the molecule is C=CCO[C@@]12Oc3ccc(Oc4cccc([N+](=O)[O-])c4)cc3[C@H]3[C@H](CCCCO)[C@@H](CCCCO)C=C(C(=NOC(C)(C)C)C[C@@H]1N(Cc1ccc4c(c1)OCO4)C(=O)CCCCCCCCCCC)[C@H]32. The van der Waals surface area contributed by atoms with Crippen LogP contribution in [0.3, 0.4) is 0 Å². The molecule has 386 valence electrons. The number of fused-ring (bicyclic) bond motifs is 3. The van der Waals surface area contributed by atoms with Gasteiger partial charge in [0.2, 0.25) is 18.5 Å². The Morgan fingerprint density at radius 2 is 1.59 bits per heavy atom. The van der Waals surface area contributed by atoms with E-state index in [0.717, 1.165) is 68.1 Å². The molecule has 0 bridgehead atoms. The third kappa shape index (κ3) is 13.4. The molecule has 0 saturated heterocycles. The van der Waals surface area contributed by atoms with Gasteiger partial charge in [0.05, 0.1) is 29.2 Å². The van der Waals surface area contributed by atoms with Crippen molar-refractivity contribution >= 4 is 17.3 Å². The second kappa shape index (κ2) is 25.3. The zero-order valence-electron chi connectivity index (χ0n) is 42.5. The number of non-ortho nitro benzene ring substituents is 1. The number of rotatable bonds is 28. The molecule has 4 aliphatic rings. The number of aliphatic hydroxyl groups is 2. The number of ether oxygens (including phenoxy) is 5. The molecule has 7 rings (SSSR count). The highest BCUT2D eigenvalue weighted by Gasteiger charge is 2.65. The van der Waals surface area contributed by atoms with Crippen molar-refractivity contribution in [3.8, 4) is 28.7 Å². The van der Waals surface area contributed by atoms with Crippen molar-refractivity contribution in [2.45, 2.75) is 167 Å². The van der Waals surface area contributed by atoms with E-state index in [1.54, 1.807) is 24.3 Å². The summed E-state index contributed by atoms with van der Waals surface area (Å²) in [6.07, 6.45) is 19.1. The zero-order valence-corrected chi connectivity index (χ0v) is 42.5. The summed E-state index contributed by atoms with van der Waals surface area (Å²) in [6, 6.07) is 16.9. The first-order valence-electron chi connectivity index (χ1n) is 26.3. The minimum Gasteiger partial charge on any atom is -0.459 e. The average Bonchev–Trinajstić information content (AvgIpc) is 3.83. The van der Waals surface area contributed by atoms with Gasteiger partial charge in [-0.2, -0.15) is 0 Å². The largest absolute Gasteiger partial charge is 0.459 e. The Kier molecular flexibility index (Phi) is 19.0. The van der Waals surface area contributed by atoms with Gasteiger partial charge >= 0.3 is 0 Å². The summed E-state index contributed by atoms with van der Waals surface area (Å²) in [5, 5.41) is 36.9. The molecule has 2 aliphatic heterocycles. The number of oxime groups is 1. The minimum atomic E-state index is -1.46. The van der Waals surface area contributed by atoms with Gasteiger partial charge < -0.3 is 43.6 Å². The van der Waals surface area contributed by atoms with Crippen LogP contribution in [0, 0.1) is 27.9 Å². The van der Waals surface area contributed by atoms with Crippen molar-refractivity contribution in [3.63, 3.8) is 0 Å². The third-order valence-corrected chi connectivity index (χ3v) is 14.3. The van der Waals surface area contributed by atoms with Crippen molar-refractivity contribution in [2.75, 3.05) is 26.6 Å². The van der Waals surface area contributed by atoms with Crippen LogP contribution in [0.2, 0.25) is 0 Å². The van der Waals surface area contributed by atoms with E-state index in [4.69, 9.17) is 33.7 Å². The lowest BCUT2D eigenvalue weighted by atomic mass is 9.55. The lowest BCUT2D eigenvalue weighted by Crippen LogP contribution is -2.70. The molecule has 2 aliphatic carbocycles.